The molecule has 1 N–H and O–H groups in total. The molecular weight excluding hydrogens is 307 g/mol. The number of amides is 2. The van der Waals surface area contributed by atoms with Crippen LogP contribution in [-0.4, -0.2) is 18.4 Å². The standard InChI is InChI=1S/C19H19FN2O2/c1-13(23)22(17-4-2-3-15-11-12-21-19(15)17)18(24)10-7-14-5-8-16(20)9-6-14/h2-6,8-9,21H,7,10-12H2,1H3. The summed E-state index contributed by atoms with van der Waals surface area (Å²) in [6.45, 7) is 2.20. The zero-order valence-corrected chi connectivity index (χ0v) is 13.5. The van der Waals surface area contributed by atoms with Crippen LogP contribution in [0.1, 0.15) is 24.5 Å². The topological polar surface area (TPSA) is 49.4 Å². The average molecular weight is 326 g/mol. The van der Waals surface area contributed by atoms with Crippen LogP contribution in [0.2, 0.25) is 0 Å². The molecule has 3 rings (SSSR count). The molecule has 1 aliphatic rings. The van der Waals surface area contributed by atoms with E-state index in [9.17, 15) is 14.0 Å². The number of anilines is 2. The molecule has 1 aliphatic heterocycles. The first-order chi connectivity index (χ1) is 11.6. The smallest absolute Gasteiger partial charge is 0.234 e. The van der Waals surface area contributed by atoms with Crippen LogP contribution in [0, 0.1) is 5.82 Å². The minimum absolute atomic E-state index is 0.189. The van der Waals surface area contributed by atoms with E-state index in [-0.39, 0.29) is 24.1 Å². The Morgan fingerprint density at radius 2 is 1.92 bits per heavy atom. The lowest BCUT2D eigenvalue weighted by Gasteiger charge is -2.22. The number of nitrogens with zero attached hydrogens (tertiary/aromatic N) is 1. The number of carbonyl (C=O) groups excluding carboxylic acids is 2. The van der Waals surface area contributed by atoms with E-state index in [1.165, 1.54) is 24.0 Å². The van der Waals surface area contributed by atoms with Crippen LogP contribution in [0.5, 0.6) is 0 Å². The number of carbonyl (C=O) groups is 2. The number of hydrogen-bond acceptors (Lipinski definition) is 3. The Hall–Kier alpha value is -2.69. The van der Waals surface area contributed by atoms with Crippen LogP contribution in [0.4, 0.5) is 15.8 Å². The summed E-state index contributed by atoms with van der Waals surface area (Å²) in [4.78, 5) is 25.9. The zero-order chi connectivity index (χ0) is 17.1. The number of halogens is 1. The Morgan fingerprint density at radius 1 is 1.17 bits per heavy atom. The molecule has 124 valence electrons. The molecule has 5 heteroatoms. The molecule has 0 atom stereocenters. The van der Waals surface area contributed by atoms with Gasteiger partial charge >= 0.3 is 0 Å². The molecule has 24 heavy (non-hydrogen) atoms. The highest BCUT2D eigenvalue weighted by molar-refractivity contribution is 6.16. The van der Waals surface area contributed by atoms with Crippen LogP contribution in [0.25, 0.3) is 0 Å². The summed E-state index contributed by atoms with van der Waals surface area (Å²) in [6.07, 6.45) is 1.54. The van der Waals surface area contributed by atoms with Crippen molar-refractivity contribution in [2.24, 2.45) is 0 Å². The SMILES string of the molecule is CC(=O)N(C(=O)CCc1ccc(F)cc1)c1cccc2c1NCC2. The largest absolute Gasteiger partial charge is 0.383 e. The van der Waals surface area contributed by atoms with Crippen molar-refractivity contribution in [3.63, 3.8) is 0 Å². The quantitative estimate of drug-likeness (QED) is 0.938. The van der Waals surface area contributed by atoms with E-state index >= 15 is 0 Å². The predicted octanol–water partition coefficient (Wildman–Crippen LogP) is 3.31. The third kappa shape index (κ3) is 3.30. The molecule has 0 fully saturated rings. The van der Waals surface area contributed by atoms with E-state index < -0.39 is 0 Å². The van der Waals surface area contributed by atoms with Gasteiger partial charge in [-0.2, -0.15) is 0 Å². The molecule has 0 radical (unpaired) electrons. The number of aryl methyl sites for hydroxylation is 1. The molecule has 0 bridgehead atoms. The first kappa shape index (κ1) is 16.2. The fourth-order valence-corrected chi connectivity index (χ4v) is 3.00. The van der Waals surface area contributed by atoms with Crippen molar-refractivity contribution >= 4 is 23.2 Å². The summed E-state index contributed by atoms with van der Waals surface area (Å²) < 4.78 is 12.9. The molecule has 0 unspecified atom stereocenters. The van der Waals surface area contributed by atoms with Gasteiger partial charge in [0.2, 0.25) is 11.8 Å². The summed E-state index contributed by atoms with van der Waals surface area (Å²) in [5.41, 5.74) is 3.46. The van der Waals surface area contributed by atoms with E-state index in [1.807, 2.05) is 12.1 Å². The van der Waals surface area contributed by atoms with E-state index in [0.717, 1.165) is 29.8 Å². The van der Waals surface area contributed by atoms with Gasteiger partial charge in [-0.15, -0.1) is 0 Å². The monoisotopic (exact) mass is 326 g/mol. The number of rotatable bonds is 4. The Balaban J connectivity index is 1.78. The third-order valence-corrected chi connectivity index (χ3v) is 4.17. The molecule has 2 amide bonds. The lowest BCUT2D eigenvalue weighted by atomic mass is 10.1. The van der Waals surface area contributed by atoms with Gasteiger partial charge in [-0.05, 0) is 42.2 Å². The average Bonchev–Trinajstić information content (AvgIpc) is 3.04. The van der Waals surface area contributed by atoms with Crippen molar-refractivity contribution in [3.05, 3.63) is 59.4 Å². The maximum Gasteiger partial charge on any atom is 0.234 e. The fourth-order valence-electron chi connectivity index (χ4n) is 3.00. The number of hydrogen-bond donors (Lipinski definition) is 1. The van der Waals surface area contributed by atoms with E-state index in [2.05, 4.69) is 5.32 Å². The van der Waals surface area contributed by atoms with E-state index in [4.69, 9.17) is 0 Å². The van der Waals surface area contributed by atoms with Crippen molar-refractivity contribution < 1.29 is 14.0 Å². The lowest BCUT2D eigenvalue weighted by molar-refractivity contribution is -0.125. The number of fused-ring (bicyclic) bond motifs is 1. The first-order valence-corrected chi connectivity index (χ1v) is 8.00. The van der Waals surface area contributed by atoms with E-state index in [0.29, 0.717) is 12.1 Å². The van der Waals surface area contributed by atoms with Crippen molar-refractivity contribution in [1.82, 2.24) is 0 Å². The second-order valence-electron chi connectivity index (χ2n) is 5.86. The Labute approximate surface area is 140 Å². The van der Waals surface area contributed by atoms with Gasteiger partial charge in [-0.1, -0.05) is 24.3 Å². The predicted molar refractivity (Wildman–Crippen MR) is 91.5 cm³/mol. The highest BCUT2D eigenvalue weighted by atomic mass is 19.1. The molecule has 0 spiro atoms. The Morgan fingerprint density at radius 3 is 2.62 bits per heavy atom. The molecule has 2 aromatic carbocycles. The van der Waals surface area contributed by atoms with Crippen molar-refractivity contribution in [2.45, 2.75) is 26.2 Å². The minimum atomic E-state index is -0.304. The molecule has 0 saturated carbocycles. The van der Waals surface area contributed by atoms with Crippen LogP contribution in [0.3, 0.4) is 0 Å². The second kappa shape index (κ2) is 6.83. The summed E-state index contributed by atoms with van der Waals surface area (Å²) in [7, 11) is 0. The lowest BCUT2D eigenvalue weighted by Crippen LogP contribution is -2.35. The summed E-state index contributed by atoms with van der Waals surface area (Å²) in [5, 5.41) is 3.25. The molecular formula is C19H19FN2O2. The van der Waals surface area contributed by atoms with Crippen molar-refractivity contribution in [2.75, 3.05) is 16.8 Å². The van der Waals surface area contributed by atoms with Gasteiger partial charge in [-0.3, -0.25) is 9.59 Å². The number of para-hydroxylation sites is 1. The number of imide groups is 1. The molecule has 0 saturated heterocycles. The van der Waals surface area contributed by atoms with Gasteiger partial charge in [0.15, 0.2) is 0 Å². The molecule has 0 aromatic heterocycles. The van der Waals surface area contributed by atoms with Gasteiger partial charge in [0.05, 0.1) is 11.4 Å². The number of benzene rings is 2. The summed E-state index contributed by atoms with van der Waals surface area (Å²) in [5.74, 6) is -0.864. The maximum atomic E-state index is 12.9. The number of nitrogens with one attached hydrogen (secondary N) is 1. The van der Waals surface area contributed by atoms with Crippen LogP contribution >= 0.6 is 0 Å². The minimum Gasteiger partial charge on any atom is -0.383 e. The first-order valence-electron chi connectivity index (χ1n) is 8.00. The molecule has 4 nitrogen and oxygen atoms in total. The van der Waals surface area contributed by atoms with E-state index in [1.54, 1.807) is 18.2 Å². The van der Waals surface area contributed by atoms with Crippen LogP contribution in [0.15, 0.2) is 42.5 Å². The summed E-state index contributed by atoms with van der Waals surface area (Å²) >= 11 is 0. The third-order valence-electron chi connectivity index (χ3n) is 4.17. The van der Waals surface area contributed by atoms with Crippen molar-refractivity contribution in [3.8, 4) is 0 Å². The Bertz CT molecular complexity index is 771. The zero-order valence-electron chi connectivity index (χ0n) is 13.5. The maximum absolute atomic E-state index is 12.9. The van der Waals surface area contributed by atoms with Crippen LogP contribution < -0.4 is 10.2 Å². The van der Waals surface area contributed by atoms with Gasteiger partial charge in [0.1, 0.15) is 5.82 Å². The van der Waals surface area contributed by atoms with Gasteiger partial charge in [0.25, 0.3) is 0 Å². The summed E-state index contributed by atoms with van der Waals surface area (Å²) in [6, 6.07) is 11.7. The molecule has 1 heterocycles. The second-order valence-corrected chi connectivity index (χ2v) is 5.86. The molecule has 0 aliphatic carbocycles. The fraction of sp³-hybridized carbons (Fsp3) is 0.263. The van der Waals surface area contributed by atoms with Gasteiger partial charge in [-0.25, -0.2) is 9.29 Å². The van der Waals surface area contributed by atoms with Crippen LogP contribution in [-0.2, 0) is 22.4 Å². The van der Waals surface area contributed by atoms with Crippen molar-refractivity contribution in [1.29, 1.82) is 0 Å². The van der Waals surface area contributed by atoms with Gasteiger partial charge < -0.3 is 5.32 Å². The highest BCUT2D eigenvalue weighted by Crippen LogP contribution is 2.34. The normalized spacial score (nSPS) is 12.4. The Kier molecular flexibility index (Phi) is 4.60. The molecule has 2 aromatic rings. The van der Waals surface area contributed by atoms with Gasteiger partial charge in [0, 0.05) is 19.9 Å². The highest BCUT2D eigenvalue weighted by Gasteiger charge is 2.25.